The maximum atomic E-state index is 13.3. The molecule has 3 heterocycles. The number of hydrogen-bond donors (Lipinski definition) is 1. The van der Waals surface area contributed by atoms with Crippen molar-refractivity contribution in [3.8, 4) is 29.9 Å². The number of carbonyl (C=O) groups is 1. The van der Waals surface area contributed by atoms with Crippen LogP contribution in [0.25, 0.3) is 11.2 Å². The van der Waals surface area contributed by atoms with Crippen LogP contribution in [0.2, 0.25) is 0 Å². The van der Waals surface area contributed by atoms with Crippen LogP contribution in [-0.4, -0.2) is 94.5 Å². The van der Waals surface area contributed by atoms with Crippen LogP contribution in [0.15, 0.2) is 122 Å². The number of hydrogen-bond acceptors (Lipinski definition) is 13. The minimum atomic E-state index is -1.83. The van der Waals surface area contributed by atoms with Crippen LogP contribution in [0.5, 0.6) is 11.5 Å². The second-order valence-electron chi connectivity index (χ2n) is 15.8. The molecule has 5 unspecified atom stereocenters. The first kappa shape index (κ1) is 47.7. The van der Waals surface area contributed by atoms with Gasteiger partial charge in [-0.15, -0.1) is 6.42 Å². The van der Waals surface area contributed by atoms with Gasteiger partial charge in [-0.3, -0.25) is 9.36 Å². The van der Waals surface area contributed by atoms with Crippen LogP contribution in [0, 0.1) is 23.7 Å². The number of anilines is 1. The highest BCUT2D eigenvalue weighted by Crippen LogP contribution is 2.51. The van der Waals surface area contributed by atoms with E-state index in [0.717, 1.165) is 16.7 Å². The van der Waals surface area contributed by atoms with Gasteiger partial charge in [-0.2, -0.15) is 5.26 Å². The summed E-state index contributed by atoms with van der Waals surface area (Å²) in [6.07, 6.45) is 5.40. The van der Waals surface area contributed by atoms with Gasteiger partial charge in [0.15, 0.2) is 23.2 Å². The number of rotatable bonds is 21. The van der Waals surface area contributed by atoms with E-state index >= 15 is 0 Å². The minimum absolute atomic E-state index is 0.00854. The van der Waals surface area contributed by atoms with E-state index in [9.17, 15) is 10.1 Å². The lowest BCUT2D eigenvalue weighted by Crippen LogP contribution is -2.43. The number of fused-ring (bicyclic) bond motifs is 1. The lowest BCUT2D eigenvalue weighted by Gasteiger charge is -2.39. The molecular weight excluding hydrogens is 858 g/mol. The molecule has 0 aliphatic carbocycles. The molecular formula is C50H54N7O8P. The van der Waals surface area contributed by atoms with Crippen molar-refractivity contribution < 1.29 is 37.5 Å². The van der Waals surface area contributed by atoms with Gasteiger partial charge in [0.05, 0.1) is 46.3 Å². The number of amides is 1. The highest BCUT2D eigenvalue weighted by molar-refractivity contribution is 7.44. The Morgan fingerprint density at radius 3 is 2.05 bits per heavy atom. The van der Waals surface area contributed by atoms with Gasteiger partial charge in [0, 0.05) is 17.6 Å². The number of ether oxygens (including phenoxy) is 5. The number of carbonyl (C=O) groups excluding carboxylic acids is 1. The van der Waals surface area contributed by atoms with Crippen LogP contribution in [-0.2, 0) is 28.9 Å². The number of nitrogens with zero attached hydrogens (tertiary/aromatic N) is 6. The molecule has 0 spiro atoms. The molecule has 342 valence electrons. The van der Waals surface area contributed by atoms with Crippen molar-refractivity contribution in [2.24, 2.45) is 0 Å². The van der Waals surface area contributed by atoms with Crippen molar-refractivity contribution in [3.05, 3.63) is 144 Å². The number of imidazole rings is 1. The van der Waals surface area contributed by atoms with Crippen LogP contribution in [0.3, 0.4) is 0 Å². The van der Waals surface area contributed by atoms with E-state index in [1.807, 2.05) is 84.9 Å². The molecule has 1 amide bonds. The first-order valence-corrected chi connectivity index (χ1v) is 22.7. The predicted molar refractivity (Wildman–Crippen MR) is 251 cm³/mol. The van der Waals surface area contributed by atoms with Crippen molar-refractivity contribution >= 4 is 31.4 Å². The van der Waals surface area contributed by atoms with Gasteiger partial charge in [0.2, 0.25) is 0 Å². The molecule has 16 heteroatoms. The second-order valence-corrected chi connectivity index (χ2v) is 17.2. The SMILES string of the molecule is C#CCOC1C(OP(OCCC#N)N(C(C)C)C(C)C)C(COC(c2ccccc2)(c2ccc(OC)cc2)c2ccc(OC)cc2)OC1n1cnc2c(NC(=O)c3ccccc3)ncnc21. The fraction of sp³-hybridized carbons (Fsp3) is 0.340. The summed E-state index contributed by atoms with van der Waals surface area (Å²) in [5.74, 6) is 3.84. The van der Waals surface area contributed by atoms with Crippen molar-refractivity contribution in [2.45, 2.75) is 76.3 Å². The van der Waals surface area contributed by atoms with E-state index in [2.05, 4.69) is 64.6 Å². The molecule has 7 rings (SSSR count). The summed E-state index contributed by atoms with van der Waals surface area (Å²) in [6.45, 7) is 8.27. The molecule has 1 N–H and O–H groups in total. The fourth-order valence-electron chi connectivity index (χ4n) is 8.09. The van der Waals surface area contributed by atoms with E-state index < -0.39 is 38.7 Å². The molecule has 0 bridgehead atoms. The molecule has 2 aromatic heterocycles. The first-order valence-electron chi connectivity index (χ1n) is 21.6. The Balaban J connectivity index is 1.35. The highest BCUT2D eigenvalue weighted by Gasteiger charge is 2.52. The maximum absolute atomic E-state index is 13.3. The number of terminal acetylenes is 1. The highest BCUT2D eigenvalue weighted by atomic mass is 31.2. The Morgan fingerprint density at radius 1 is 0.864 bits per heavy atom. The number of nitrogens with one attached hydrogen (secondary N) is 1. The maximum Gasteiger partial charge on any atom is 0.259 e. The third-order valence-electron chi connectivity index (χ3n) is 11.1. The Kier molecular flexibility index (Phi) is 16.1. The molecule has 4 aromatic carbocycles. The van der Waals surface area contributed by atoms with Gasteiger partial charge >= 0.3 is 0 Å². The zero-order valence-corrected chi connectivity index (χ0v) is 38.7. The molecule has 0 radical (unpaired) electrons. The summed E-state index contributed by atoms with van der Waals surface area (Å²) >= 11 is 0. The topological polar surface area (TPSA) is 164 Å². The molecule has 5 atom stereocenters. The van der Waals surface area contributed by atoms with E-state index in [1.165, 1.54) is 6.33 Å². The quantitative estimate of drug-likeness (QED) is 0.0316. The molecule has 0 saturated carbocycles. The van der Waals surface area contributed by atoms with Gasteiger partial charge in [-0.05, 0) is 80.8 Å². The Bertz CT molecular complexity index is 2530. The fourth-order valence-corrected chi connectivity index (χ4v) is 9.86. The molecule has 1 fully saturated rings. The number of methoxy groups -OCH3 is 2. The third kappa shape index (κ3) is 10.4. The van der Waals surface area contributed by atoms with Gasteiger partial charge in [0.25, 0.3) is 14.4 Å². The monoisotopic (exact) mass is 911 g/mol. The lowest BCUT2D eigenvalue weighted by atomic mass is 9.80. The largest absolute Gasteiger partial charge is 0.497 e. The van der Waals surface area contributed by atoms with E-state index in [4.69, 9.17) is 39.2 Å². The standard InChI is InChI=1S/C50H54N7O8P/c1-8-29-61-45-44(65-66(63-30-15-28-51)57(34(2)3)35(4)5)42(64-49(45)56-33-54-43-46(52-32-53-47(43)56)55-48(58)36-16-11-9-12-17-36)31-62-50(37-18-13-10-14-19-37,38-20-24-40(59-6)25-21-38)39-22-26-41(60-7)27-23-39/h1,9-14,16-27,32-35,42,44-45,49H,15,29-31H2,2-7H3,(H,52,53,55,58). The molecule has 15 nitrogen and oxygen atoms in total. The average Bonchev–Trinajstić information content (AvgIpc) is 3.93. The summed E-state index contributed by atoms with van der Waals surface area (Å²) in [5, 5.41) is 12.4. The number of benzene rings is 4. The molecule has 66 heavy (non-hydrogen) atoms. The number of aromatic nitrogens is 4. The van der Waals surface area contributed by atoms with E-state index in [0.29, 0.717) is 28.2 Å². The molecule has 1 aliphatic heterocycles. The molecule has 6 aromatic rings. The predicted octanol–water partition coefficient (Wildman–Crippen LogP) is 8.68. The summed E-state index contributed by atoms with van der Waals surface area (Å²) in [5.41, 5.74) is 2.42. The second kappa shape index (κ2) is 22.3. The lowest BCUT2D eigenvalue weighted by molar-refractivity contribution is -0.0944. The summed E-state index contributed by atoms with van der Waals surface area (Å²) in [7, 11) is 1.42. The van der Waals surface area contributed by atoms with Crippen LogP contribution in [0.4, 0.5) is 5.82 Å². The van der Waals surface area contributed by atoms with Crippen molar-refractivity contribution in [3.63, 3.8) is 0 Å². The molecule has 1 aliphatic rings. The van der Waals surface area contributed by atoms with Crippen LogP contribution < -0.4 is 14.8 Å². The Labute approximate surface area is 386 Å². The Morgan fingerprint density at radius 2 is 1.47 bits per heavy atom. The number of nitriles is 1. The van der Waals surface area contributed by atoms with Crippen molar-refractivity contribution in [1.29, 1.82) is 5.26 Å². The Hall–Kier alpha value is -6.26. The van der Waals surface area contributed by atoms with Gasteiger partial charge in [-0.1, -0.05) is 78.7 Å². The van der Waals surface area contributed by atoms with Crippen LogP contribution >= 0.6 is 8.53 Å². The average molecular weight is 912 g/mol. The molecule has 1 saturated heterocycles. The van der Waals surface area contributed by atoms with Gasteiger partial charge < -0.3 is 38.0 Å². The van der Waals surface area contributed by atoms with Crippen molar-refractivity contribution in [2.75, 3.05) is 39.4 Å². The first-order chi connectivity index (χ1) is 32.1. The van der Waals surface area contributed by atoms with Gasteiger partial charge in [0.1, 0.15) is 48.3 Å². The summed E-state index contributed by atoms with van der Waals surface area (Å²) in [4.78, 5) is 27.0. The zero-order chi connectivity index (χ0) is 46.6. The third-order valence-corrected chi connectivity index (χ3v) is 13.2. The minimum Gasteiger partial charge on any atom is -0.497 e. The van der Waals surface area contributed by atoms with Crippen molar-refractivity contribution in [1.82, 2.24) is 24.2 Å². The smallest absolute Gasteiger partial charge is 0.259 e. The zero-order valence-electron chi connectivity index (χ0n) is 37.8. The summed E-state index contributed by atoms with van der Waals surface area (Å²) < 4.78 is 49.8. The normalized spacial score (nSPS) is 17.7. The van der Waals surface area contributed by atoms with Crippen LogP contribution in [0.1, 0.15) is 67.4 Å². The van der Waals surface area contributed by atoms with E-state index in [1.54, 1.807) is 49.4 Å². The van der Waals surface area contributed by atoms with Gasteiger partial charge in [-0.25, -0.2) is 19.6 Å². The van der Waals surface area contributed by atoms with E-state index in [-0.39, 0.29) is 50.1 Å². The summed E-state index contributed by atoms with van der Waals surface area (Å²) in [6, 6.07) is 36.5.